The second-order valence-electron chi connectivity index (χ2n) is 6.07. The molecule has 0 aliphatic rings. The minimum atomic E-state index is -4.66. The zero-order chi connectivity index (χ0) is 22.4. The lowest BCUT2D eigenvalue weighted by Gasteiger charge is -2.15. The fourth-order valence-corrected chi connectivity index (χ4v) is 2.85. The topological polar surface area (TPSA) is 125 Å². The molecule has 0 saturated carbocycles. The minimum Gasteiger partial charge on any atom is -0.368 e. The molecule has 0 bridgehead atoms. The van der Waals surface area contributed by atoms with Crippen molar-refractivity contribution in [1.29, 1.82) is 0 Å². The van der Waals surface area contributed by atoms with E-state index in [4.69, 9.17) is 0 Å². The summed E-state index contributed by atoms with van der Waals surface area (Å²) in [4.78, 5) is 18.4. The molecule has 2 aromatic rings. The maximum atomic E-state index is 13.2. The summed E-state index contributed by atoms with van der Waals surface area (Å²) in [6.45, 7) is 2.95. The molecule has 0 atom stereocenters. The van der Waals surface area contributed by atoms with Gasteiger partial charge in [-0.25, -0.2) is 13.4 Å². The van der Waals surface area contributed by atoms with Crippen molar-refractivity contribution < 1.29 is 26.4 Å². The van der Waals surface area contributed by atoms with Crippen LogP contribution >= 0.6 is 0 Å². The highest BCUT2D eigenvalue weighted by Gasteiger charge is 2.35. The van der Waals surface area contributed by atoms with Crippen molar-refractivity contribution in [2.45, 2.75) is 20.0 Å². The van der Waals surface area contributed by atoms with Crippen molar-refractivity contribution in [3.63, 3.8) is 0 Å². The van der Waals surface area contributed by atoms with Crippen LogP contribution < -0.4 is 20.7 Å². The van der Waals surface area contributed by atoms with Gasteiger partial charge < -0.3 is 16.0 Å². The average molecular weight is 446 g/mol. The van der Waals surface area contributed by atoms with Crippen LogP contribution in [0.25, 0.3) is 0 Å². The third kappa shape index (κ3) is 7.06. The molecule has 0 aliphatic carbocycles. The van der Waals surface area contributed by atoms with Gasteiger partial charge in [0.05, 0.1) is 5.75 Å². The van der Waals surface area contributed by atoms with Crippen LogP contribution in [0.15, 0.2) is 30.5 Å². The van der Waals surface area contributed by atoms with Crippen molar-refractivity contribution in [2.75, 3.05) is 34.2 Å². The molecule has 9 nitrogen and oxygen atoms in total. The minimum absolute atomic E-state index is 0.0331. The number of halogens is 3. The summed E-state index contributed by atoms with van der Waals surface area (Å²) < 4.78 is 65.1. The number of nitrogens with zero attached hydrogens (tertiary/aromatic N) is 2. The van der Waals surface area contributed by atoms with Gasteiger partial charge in [0.25, 0.3) is 0 Å². The van der Waals surface area contributed by atoms with E-state index in [1.807, 2.05) is 0 Å². The number of carbonyl (C=O) groups is 1. The van der Waals surface area contributed by atoms with E-state index >= 15 is 0 Å². The normalized spacial score (nSPS) is 11.6. The maximum absolute atomic E-state index is 13.2. The first kappa shape index (κ1) is 23.2. The summed E-state index contributed by atoms with van der Waals surface area (Å²) in [5.74, 6) is -0.906. The first-order chi connectivity index (χ1) is 14.0. The predicted molar refractivity (Wildman–Crippen MR) is 107 cm³/mol. The van der Waals surface area contributed by atoms with Gasteiger partial charge in [-0.15, -0.1) is 0 Å². The van der Waals surface area contributed by atoms with Crippen molar-refractivity contribution in [2.24, 2.45) is 0 Å². The summed E-state index contributed by atoms with van der Waals surface area (Å²) in [6, 6.07) is 6.04. The molecule has 4 N–H and O–H groups in total. The molecule has 1 heterocycles. The molecule has 2 rings (SSSR count). The van der Waals surface area contributed by atoms with Crippen LogP contribution in [0.2, 0.25) is 0 Å². The smallest absolute Gasteiger partial charge is 0.368 e. The molecule has 0 spiro atoms. The predicted octanol–water partition coefficient (Wildman–Crippen LogP) is 2.55. The number of anilines is 4. The quantitative estimate of drug-likeness (QED) is 0.436. The van der Waals surface area contributed by atoms with E-state index < -0.39 is 27.6 Å². The largest absolute Gasteiger partial charge is 0.421 e. The van der Waals surface area contributed by atoms with E-state index in [2.05, 4.69) is 30.6 Å². The summed E-state index contributed by atoms with van der Waals surface area (Å²) in [6.07, 6.45) is -4.01. The third-order valence-electron chi connectivity index (χ3n) is 3.68. The number of hydrogen-bond donors (Lipinski definition) is 4. The first-order valence-corrected chi connectivity index (χ1v) is 10.5. The number of rotatable bonds is 9. The van der Waals surface area contributed by atoms with Gasteiger partial charge in [-0.05, 0) is 31.2 Å². The lowest BCUT2D eigenvalue weighted by molar-refractivity contribution is -0.137. The number of sulfonamides is 1. The van der Waals surface area contributed by atoms with Gasteiger partial charge in [-0.1, -0.05) is 0 Å². The van der Waals surface area contributed by atoms with E-state index in [0.717, 1.165) is 0 Å². The van der Waals surface area contributed by atoms with Gasteiger partial charge in [-0.2, -0.15) is 18.2 Å². The van der Waals surface area contributed by atoms with Crippen LogP contribution in [-0.4, -0.2) is 43.1 Å². The molecular formula is C17H21F3N6O3S. The number of hydrogen-bond acceptors (Lipinski definition) is 7. The number of benzene rings is 1. The number of carbonyl (C=O) groups excluding carboxylic acids is 1. The highest BCUT2D eigenvalue weighted by molar-refractivity contribution is 7.92. The molecule has 164 valence electrons. The van der Waals surface area contributed by atoms with Crippen molar-refractivity contribution in [3.8, 4) is 0 Å². The van der Waals surface area contributed by atoms with Crippen LogP contribution in [0.5, 0.6) is 0 Å². The fraction of sp³-hybridized carbons (Fsp3) is 0.353. The second-order valence-corrected chi connectivity index (χ2v) is 8.08. The lowest BCUT2D eigenvalue weighted by Crippen LogP contribution is -2.27. The van der Waals surface area contributed by atoms with Crippen molar-refractivity contribution >= 4 is 39.1 Å². The zero-order valence-electron chi connectivity index (χ0n) is 16.2. The van der Waals surface area contributed by atoms with Crippen LogP contribution in [0.1, 0.15) is 19.4 Å². The van der Waals surface area contributed by atoms with Crippen LogP contribution in [0.3, 0.4) is 0 Å². The highest BCUT2D eigenvalue weighted by Crippen LogP contribution is 2.34. The average Bonchev–Trinajstić information content (AvgIpc) is 2.66. The number of amides is 1. The van der Waals surface area contributed by atoms with E-state index in [1.165, 1.54) is 38.1 Å². The highest BCUT2D eigenvalue weighted by atomic mass is 32.2. The molecule has 0 unspecified atom stereocenters. The van der Waals surface area contributed by atoms with Crippen LogP contribution in [0, 0.1) is 0 Å². The van der Waals surface area contributed by atoms with E-state index in [0.29, 0.717) is 17.6 Å². The fourth-order valence-electron chi connectivity index (χ4n) is 2.21. The Balaban J connectivity index is 2.15. The second kappa shape index (κ2) is 9.61. The first-order valence-electron chi connectivity index (χ1n) is 8.80. The van der Waals surface area contributed by atoms with Gasteiger partial charge >= 0.3 is 6.18 Å². The monoisotopic (exact) mass is 446 g/mol. The molecule has 1 aromatic carbocycles. The van der Waals surface area contributed by atoms with Gasteiger partial charge in [-0.3, -0.25) is 9.52 Å². The molecule has 13 heteroatoms. The molecule has 0 radical (unpaired) electrons. The van der Waals surface area contributed by atoms with Gasteiger partial charge in [0.1, 0.15) is 11.4 Å². The van der Waals surface area contributed by atoms with Crippen molar-refractivity contribution in [1.82, 2.24) is 15.3 Å². The zero-order valence-corrected chi connectivity index (χ0v) is 17.0. The Hall–Kier alpha value is -3.09. The number of alkyl halides is 3. The third-order valence-corrected chi connectivity index (χ3v) is 4.99. The van der Waals surface area contributed by atoms with E-state index in [1.54, 1.807) is 0 Å². The Morgan fingerprint density at radius 2 is 1.73 bits per heavy atom. The van der Waals surface area contributed by atoms with Gasteiger partial charge in [0.15, 0.2) is 0 Å². The lowest BCUT2D eigenvalue weighted by atomic mass is 10.3. The molecule has 0 saturated heterocycles. The maximum Gasteiger partial charge on any atom is 0.421 e. The molecular weight excluding hydrogens is 425 g/mol. The Bertz CT molecular complexity index is 981. The summed E-state index contributed by atoms with van der Waals surface area (Å²) in [5.41, 5.74) is -0.255. The number of aromatic nitrogens is 2. The Morgan fingerprint density at radius 1 is 1.10 bits per heavy atom. The summed E-state index contributed by atoms with van der Waals surface area (Å²) >= 11 is 0. The molecule has 30 heavy (non-hydrogen) atoms. The molecule has 1 aromatic heterocycles. The van der Waals surface area contributed by atoms with Crippen LogP contribution in [0.4, 0.5) is 36.3 Å². The van der Waals surface area contributed by atoms with E-state index in [9.17, 15) is 26.4 Å². The van der Waals surface area contributed by atoms with E-state index in [-0.39, 0.29) is 30.7 Å². The Kier molecular flexibility index (Phi) is 7.43. The Labute approximate surface area is 171 Å². The van der Waals surface area contributed by atoms with Gasteiger partial charge in [0.2, 0.25) is 21.9 Å². The molecule has 0 fully saturated rings. The standard InChI is InChI=1S/C17H21F3N6O3S/c1-3-30(28,29)26-13-6-4-12(5-7-13)24-16-23-10-14(17(18,19)20)15(25-16)22-9-8-21-11(2)27/h4-7,10,26H,3,8-9H2,1-2H3,(H,21,27)(H2,22,23,24,25). The molecule has 0 aliphatic heterocycles. The Morgan fingerprint density at radius 3 is 2.30 bits per heavy atom. The number of nitrogens with one attached hydrogen (secondary N) is 4. The summed E-state index contributed by atoms with van der Waals surface area (Å²) in [7, 11) is -3.42. The SMILES string of the molecule is CCS(=O)(=O)Nc1ccc(Nc2ncc(C(F)(F)F)c(NCCNC(C)=O)n2)cc1. The molecule has 1 amide bonds. The van der Waals surface area contributed by atoms with Gasteiger partial charge in [0, 0.05) is 37.6 Å². The van der Waals surface area contributed by atoms with Crippen LogP contribution in [-0.2, 0) is 21.0 Å². The summed E-state index contributed by atoms with van der Waals surface area (Å²) in [5, 5.41) is 7.76. The van der Waals surface area contributed by atoms with Crippen molar-refractivity contribution in [3.05, 3.63) is 36.0 Å².